The van der Waals surface area contributed by atoms with E-state index in [4.69, 9.17) is 9.15 Å². The molecule has 0 bridgehead atoms. The standard InChI is InChI=1S/C35H36N5O3S/c1-38-12-14-39(15-13-38)11-10-37-23-25(22-36)24-8-9-32-30(20-24)28-6-3-5-27(35(28)44-32)26-4-2-7-29-31(41)21-33(43-34(26)29)40-16-18-42-19-17-40/h2-9,20-23,37H,10-19H2,1H3/q-1/b25-23+. The van der Waals surface area contributed by atoms with Gasteiger partial charge in [0.2, 0.25) is 0 Å². The lowest BCUT2D eigenvalue weighted by Gasteiger charge is -2.32. The summed E-state index contributed by atoms with van der Waals surface area (Å²) in [5.41, 5.74) is 4.19. The van der Waals surface area contributed by atoms with E-state index in [1.54, 1.807) is 17.4 Å². The van der Waals surface area contributed by atoms with Gasteiger partial charge in [0.05, 0.1) is 18.6 Å². The van der Waals surface area contributed by atoms with E-state index < -0.39 is 0 Å². The first-order valence-corrected chi connectivity index (χ1v) is 16.1. The van der Waals surface area contributed by atoms with Crippen molar-refractivity contribution in [1.29, 1.82) is 0 Å². The number of benzene rings is 3. The number of rotatable bonds is 8. The van der Waals surface area contributed by atoms with Gasteiger partial charge in [0.1, 0.15) is 5.58 Å². The monoisotopic (exact) mass is 606 g/mol. The Hall–Kier alpha value is -4.02. The van der Waals surface area contributed by atoms with Gasteiger partial charge in [0.25, 0.3) is 0 Å². The molecule has 0 unspecified atom stereocenters. The van der Waals surface area contributed by atoms with Crippen LogP contribution in [0, 0.1) is 0 Å². The van der Waals surface area contributed by atoms with Gasteiger partial charge < -0.3 is 29.7 Å². The molecule has 0 saturated carbocycles. The smallest absolute Gasteiger partial charge is 0.200 e. The molecular weight excluding hydrogens is 570 g/mol. The number of thiophene rings is 1. The van der Waals surface area contributed by atoms with Gasteiger partial charge in [-0.1, -0.05) is 36.4 Å². The van der Waals surface area contributed by atoms with Crippen LogP contribution in [0.15, 0.2) is 76.1 Å². The Labute approximate surface area is 260 Å². The van der Waals surface area contributed by atoms with Crippen molar-refractivity contribution in [2.75, 3.05) is 77.5 Å². The molecule has 0 amide bonds. The average Bonchev–Trinajstić information content (AvgIpc) is 3.44. The quantitative estimate of drug-likeness (QED) is 0.185. The Morgan fingerprint density at radius 1 is 0.932 bits per heavy atom. The molecule has 1 N–H and O–H groups in total. The molecule has 44 heavy (non-hydrogen) atoms. The molecular formula is C35H36N5O3S-. The van der Waals surface area contributed by atoms with E-state index in [2.05, 4.69) is 63.5 Å². The number of ether oxygens (including phenoxy) is 1. The number of likely N-dealkylation sites (N-methyl/N-ethyl adjacent to an activating group) is 1. The Morgan fingerprint density at radius 3 is 2.50 bits per heavy atom. The summed E-state index contributed by atoms with van der Waals surface area (Å²) < 4.78 is 14.3. The largest absolute Gasteiger partial charge is 0.810 e. The maximum Gasteiger partial charge on any atom is 0.200 e. The van der Waals surface area contributed by atoms with Crippen molar-refractivity contribution in [3.05, 3.63) is 88.1 Å². The lowest BCUT2D eigenvalue weighted by Crippen LogP contribution is -2.46. The summed E-state index contributed by atoms with van der Waals surface area (Å²) in [7, 11) is 2.17. The number of morpholine rings is 1. The van der Waals surface area contributed by atoms with E-state index in [9.17, 15) is 10.2 Å². The molecule has 8 nitrogen and oxygen atoms in total. The molecule has 226 valence electrons. The number of nitrogens with one attached hydrogen (secondary N) is 1. The highest BCUT2D eigenvalue weighted by Gasteiger charge is 2.19. The maximum absolute atomic E-state index is 13.2. The summed E-state index contributed by atoms with van der Waals surface area (Å²) >= 11 is 1.73. The predicted octanol–water partition coefficient (Wildman–Crippen LogP) is 5.48. The van der Waals surface area contributed by atoms with Gasteiger partial charge in [-0.15, -0.1) is 11.3 Å². The number of fused-ring (bicyclic) bond motifs is 4. The molecule has 3 aromatic carbocycles. The van der Waals surface area contributed by atoms with Crippen molar-refractivity contribution in [3.8, 4) is 11.1 Å². The molecule has 9 heteroatoms. The van der Waals surface area contributed by atoms with Crippen LogP contribution in [-0.4, -0.2) is 88.6 Å². The SMILES string of the molecule is CN1CCN(CCN/C=C(\C=[N-])c2ccc3sc4c(-c5cccc6c(=O)cc(N7CCOCC7)oc56)cccc4c3c2)CC1. The van der Waals surface area contributed by atoms with E-state index in [1.165, 1.54) is 6.21 Å². The van der Waals surface area contributed by atoms with Crippen molar-refractivity contribution in [1.82, 2.24) is 15.1 Å². The van der Waals surface area contributed by atoms with Crippen LogP contribution in [-0.2, 0) is 4.74 Å². The summed E-state index contributed by atoms with van der Waals surface area (Å²) in [6.45, 7) is 8.80. The van der Waals surface area contributed by atoms with Crippen LogP contribution < -0.4 is 15.6 Å². The number of hydrogen-bond acceptors (Lipinski definition) is 8. The molecule has 0 spiro atoms. The van der Waals surface area contributed by atoms with Crippen molar-refractivity contribution in [3.63, 3.8) is 0 Å². The van der Waals surface area contributed by atoms with Gasteiger partial charge in [-0.05, 0) is 36.4 Å². The van der Waals surface area contributed by atoms with Crippen LogP contribution in [0.1, 0.15) is 5.56 Å². The summed E-state index contributed by atoms with van der Waals surface area (Å²) in [5.74, 6) is 0.586. The van der Waals surface area contributed by atoms with Gasteiger partial charge in [0, 0.05) is 95.9 Å². The Kier molecular flexibility index (Phi) is 8.18. The number of anilines is 1. The summed E-state index contributed by atoms with van der Waals surface area (Å²) in [6, 6.07) is 20.0. The zero-order valence-corrected chi connectivity index (χ0v) is 25.7. The normalized spacial score (nSPS) is 17.1. The Bertz CT molecular complexity index is 1920. The first kappa shape index (κ1) is 28.7. The van der Waals surface area contributed by atoms with Crippen LogP contribution in [0.2, 0.25) is 0 Å². The van der Waals surface area contributed by atoms with Crippen LogP contribution >= 0.6 is 11.3 Å². The lowest BCUT2D eigenvalue weighted by atomic mass is 9.99. The Morgan fingerprint density at radius 2 is 1.70 bits per heavy atom. The fraction of sp³-hybridized carbons (Fsp3) is 0.314. The van der Waals surface area contributed by atoms with Gasteiger partial charge >= 0.3 is 0 Å². The van der Waals surface area contributed by atoms with E-state index in [1.807, 2.05) is 24.4 Å². The average molecular weight is 607 g/mol. The second kappa shape index (κ2) is 12.5. The van der Waals surface area contributed by atoms with Gasteiger partial charge in [-0.25, -0.2) is 0 Å². The summed E-state index contributed by atoms with van der Waals surface area (Å²) in [6.07, 6.45) is 3.08. The predicted molar refractivity (Wildman–Crippen MR) is 183 cm³/mol. The highest BCUT2D eigenvalue weighted by atomic mass is 32.1. The molecule has 0 aliphatic carbocycles. The van der Waals surface area contributed by atoms with E-state index in [0.717, 1.165) is 81.7 Å². The van der Waals surface area contributed by atoms with Gasteiger partial charge in [-0.3, -0.25) is 9.69 Å². The molecule has 4 heterocycles. The molecule has 2 aliphatic rings. The third-order valence-corrected chi connectivity index (χ3v) is 9.97. The maximum atomic E-state index is 13.2. The molecule has 2 aromatic heterocycles. The third kappa shape index (κ3) is 5.64. The second-order valence-corrected chi connectivity index (χ2v) is 12.6. The van der Waals surface area contributed by atoms with Gasteiger partial charge in [0.15, 0.2) is 11.3 Å². The van der Waals surface area contributed by atoms with E-state index >= 15 is 0 Å². The summed E-state index contributed by atoms with van der Waals surface area (Å²) in [4.78, 5) is 20.1. The highest BCUT2D eigenvalue weighted by molar-refractivity contribution is 7.26. The Balaban J connectivity index is 1.22. The molecule has 2 aliphatic heterocycles. The fourth-order valence-corrected chi connectivity index (χ4v) is 7.39. The molecule has 2 fully saturated rings. The topological polar surface area (TPSA) is 83.5 Å². The van der Waals surface area contributed by atoms with Crippen LogP contribution in [0.3, 0.4) is 0 Å². The lowest BCUT2D eigenvalue weighted by molar-refractivity contribution is 0.121. The minimum absolute atomic E-state index is 0.0422. The first-order valence-electron chi connectivity index (χ1n) is 15.3. The second-order valence-electron chi connectivity index (χ2n) is 11.6. The molecule has 5 aromatic rings. The molecule has 2 saturated heterocycles. The zero-order chi connectivity index (χ0) is 30.0. The van der Waals surface area contributed by atoms with E-state index in [-0.39, 0.29) is 5.43 Å². The highest BCUT2D eigenvalue weighted by Crippen LogP contribution is 2.42. The van der Waals surface area contributed by atoms with Crippen molar-refractivity contribution < 1.29 is 9.15 Å². The number of para-hydroxylation sites is 1. The number of allylic oxidation sites excluding steroid dienone is 1. The number of nitrogens with zero attached hydrogens (tertiary/aromatic N) is 4. The fourth-order valence-electron chi connectivity index (χ4n) is 6.18. The van der Waals surface area contributed by atoms with E-state index in [0.29, 0.717) is 43.2 Å². The number of hydrogen-bond donors (Lipinski definition) is 1. The minimum Gasteiger partial charge on any atom is -0.810 e. The molecule has 0 atom stereocenters. The third-order valence-electron chi connectivity index (χ3n) is 8.75. The van der Waals surface area contributed by atoms with Crippen molar-refractivity contribution in [2.45, 2.75) is 0 Å². The van der Waals surface area contributed by atoms with Crippen LogP contribution in [0.25, 0.3) is 53.3 Å². The first-order chi connectivity index (χ1) is 21.6. The number of piperazine rings is 1. The molecule has 0 radical (unpaired) electrons. The zero-order valence-electron chi connectivity index (χ0n) is 24.9. The van der Waals surface area contributed by atoms with Crippen LogP contribution in [0.5, 0.6) is 0 Å². The minimum atomic E-state index is -0.0422. The van der Waals surface area contributed by atoms with Crippen molar-refractivity contribution in [2.24, 2.45) is 0 Å². The van der Waals surface area contributed by atoms with Crippen LogP contribution in [0.4, 0.5) is 5.88 Å². The summed E-state index contributed by atoms with van der Waals surface area (Å²) in [5, 5.41) is 16.4. The van der Waals surface area contributed by atoms with Crippen molar-refractivity contribution >= 4 is 60.2 Å². The molecule has 7 rings (SSSR count). The van der Waals surface area contributed by atoms with Gasteiger partial charge in [-0.2, -0.15) is 6.21 Å².